The number of hydrogen-bond acceptors (Lipinski definition) is 5. The SMILES string of the molecule is CCN(CC)CCNC(=O)c1nn(-c2ccc(OC)cc2)c(=O)c2ccccc12. The molecule has 3 aromatic rings. The van der Waals surface area contributed by atoms with Gasteiger partial charge in [-0.2, -0.15) is 9.78 Å². The number of aromatic nitrogens is 2. The number of benzene rings is 2. The monoisotopic (exact) mass is 394 g/mol. The van der Waals surface area contributed by atoms with Crippen molar-refractivity contribution in [2.24, 2.45) is 0 Å². The maximum absolute atomic E-state index is 13.0. The van der Waals surface area contributed by atoms with E-state index in [2.05, 4.69) is 29.2 Å². The third kappa shape index (κ3) is 4.46. The highest BCUT2D eigenvalue weighted by Gasteiger charge is 2.17. The molecule has 0 saturated carbocycles. The number of carbonyl (C=O) groups is 1. The summed E-state index contributed by atoms with van der Waals surface area (Å²) in [6.07, 6.45) is 0. The van der Waals surface area contributed by atoms with Crippen molar-refractivity contribution in [1.82, 2.24) is 20.0 Å². The van der Waals surface area contributed by atoms with E-state index < -0.39 is 0 Å². The molecule has 1 heterocycles. The number of nitrogens with zero attached hydrogens (tertiary/aromatic N) is 3. The molecule has 7 nitrogen and oxygen atoms in total. The lowest BCUT2D eigenvalue weighted by molar-refractivity contribution is 0.0944. The third-order valence-corrected chi connectivity index (χ3v) is 4.95. The predicted molar refractivity (Wildman–Crippen MR) is 114 cm³/mol. The second-order valence-corrected chi connectivity index (χ2v) is 6.59. The van der Waals surface area contributed by atoms with Crippen molar-refractivity contribution in [1.29, 1.82) is 0 Å². The number of fused-ring (bicyclic) bond motifs is 1. The van der Waals surface area contributed by atoms with Crippen LogP contribution in [0.4, 0.5) is 0 Å². The van der Waals surface area contributed by atoms with E-state index in [-0.39, 0.29) is 17.2 Å². The van der Waals surface area contributed by atoms with E-state index in [0.29, 0.717) is 28.8 Å². The van der Waals surface area contributed by atoms with Crippen LogP contribution in [0.3, 0.4) is 0 Å². The van der Waals surface area contributed by atoms with Crippen molar-refractivity contribution >= 4 is 16.7 Å². The Morgan fingerprint density at radius 2 is 1.72 bits per heavy atom. The Morgan fingerprint density at radius 1 is 1.07 bits per heavy atom. The molecule has 0 radical (unpaired) electrons. The first-order chi connectivity index (χ1) is 14.1. The molecule has 1 aromatic heterocycles. The van der Waals surface area contributed by atoms with Crippen LogP contribution >= 0.6 is 0 Å². The van der Waals surface area contributed by atoms with Gasteiger partial charge < -0.3 is 15.0 Å². The number of ether oxygens (including phenoxy) is 1. The minimum atomic E-state index is -0.296. The predicted octanol–water partition coefficient (Wildman–Crippen LogP) is 2.47. The van der Waals surface area contributed by atoms with Gasteiger partial charge >= 0.3 is 0 Å². The summed E-state index contributed by atoms with van der Waals surface area (Å²) in [4.78, 5) is 28.1. The zero-order valence-electron chi connectivity index (χ0n) is 17.0. The van der Waals surface area contributed by atoms with Crippen LogP contribution in [0.15, 0.2) is 53.3 Å². The number of nitrogens with one attached hydrogen (secondary N) is 1. The van der Waals surface area contributed by atoms with Gasteiger partial charge in [0.1, 0.15) is 5.75 Å². The van der Waals surface area contributed by atoms with Crippen LogP contribution in [0.5, 0.6) is 5.75 Å². The molecule has 7 heteroatoms. The minimum absolute atomic E-state index is 0.232. The van der Waals surface area contributed by atoms with E-state index in [1.165, 1.54) is 4.68 Å². The summed E-state index contributed by atoms with van der Waals surface area (Å²) in [5.74, 6) is 0.382. The van der Waals surface area contributed by atoms with Gasteiger partial charge in [-0.25, -0.2) is 0 Å². The maximum Gasteiger partial charge on any atom is 0.279 e. The summed E-state index contributed by atoms with van der Waals surface area (Å²) < 4.78 is 6.44. The molecule has 0 saturated heterocycles. The lowest BCUT2D eigenvalue weighted by atomic mass is 10.1. The average molecular weight is 394 g/mol. The molecule has 1 amide bonds. The molecule has 3 rings (SSSR count). The molecule has 0 aliphatic carbocycles. The summed E-state index contributed by atoms with van der Waals surface area (Å²) in [6.45, 7) is 7.30. The molecule has 152 valence electrons. The van der Waals surface area contributed by atoms with Crippen molar-refractivity contribution in [3.05, 3.63) is 64.6 Å². The van der Waals surface area contributed by atoms with Crippen LogP contribution in [0.1, 0.15) is 24.3 Å². The van der Waals surface area contributed by atoms with Gasteiger partial charge in [-0.1, -0.05) is 32.0 Å². The van der Waals surface area contributed by atoms with Gasteiger partial charge in [0, 0.05) is 18.5 Å². The summed E-state index contributed by atoms with van der Waals surface area (Å²) >= 11 is 0. The van der Waals surface area contributed by atoms with Crippen molar-refractivity contribution in [2.75, 3.05) is 33.3 Å². The van der Waals surface area contributed by atoms with Crippen molar-refractivity contribution in [2.45, 2.75) is 13.8 Å². The topological polar surface area (TPSA) is 76.5 Å². The highest BCUT2D eigenvalue weighted by molar-refractivity contribution is 6.04. The summed E-state index contributed by atoms with van der Waals surface area (Å²) in [7, 11) is 1.58. The highest BCUT2D eigenvalue weighted by Crippen LogP contribution is 2.17. The number of amides is 1. The Hall–Kier alpha value is -3.19. The molecule has 0 spiro atoms. The molecular weight excluding hydrogens is 368 g/mol. The van der Waals surface area contributed by atoms with Crippen molar-refractivity contribution in [3.63, 3.8) is 0 Å². The molecule has 2 aromatic carbocycles. The normalized spacial score (nSPS) is 11.0. The molecule has 0 atom stereocenters. The highest BCUT2D eigenvalue weighted by atomic mass is 16.5. The number of likely N-dealkylation sites (N-methyl/N-ethyl adjacent to an activating group) is 1. The molecule has 0 bridgehead atoms. The fourth-order valence-electron chi connectivity index (χ4n) is 3.21. The van der Waals surface area contributed by atoms with Crippen molar-refractivity contribution in [3.8, 4) is 11.4 Å². The van der Waals surface area contributed by atoms with Crippen LogP contribution in [-0.2, 0) is 0 Å². The van der Waals surface area contributed by atoms with E-state index >= 15 is 0 Å². The first kappa shape index (κ1) is 20.5. The minimum Gasteiger partial charge on any atom is -0.497 e. The summed E-state index contributed by atoms with van der Waals surface area (Å²) in [5, 5.41) is 8.33. The Kier molecular flexibility index (Phi) is 6.61. The van der Waals surface area contributed by atoms with E-state index in [4.69, 9.17) is 4.74 Å². The van der Waals surface area contributed by atoms with Crippen LogP contribution in [-0.4, -0.2) is 53.9 Å². The second kappa shape index (κ2) is 9.34. The molecule has 0 fully saturated rings. The van der Waals surface area contributed by atoms with Crippen LogP contribution < -0.4 is 15.6 Å². The van der Waals surface area contributed by atoms with Crippen LogP contribution in [0, 0.1) is 0 Å². The van der Waals surface area contributed by atoms with Gasteiger partial charge in [0.2, 0.25) is 0 Å². The fourth-order valence-corrected chi connectivity index (χ4v) is 3.21. The van der Waals surface area contributed by atoms with E-state index in [1.807, 2.05) is 0 Å². The molecule has 0 aliphatic heterocycles. The van der Waals surface area contributed by atoms with Gasteiger partial charge in [0.05, 0.1) is 18.2 Å². The smallest absolute Gasteiger partial charge is 0.279 e. The Morgan fingerprint density at radius 3 is 2.34 bits per heavy atom. The molecule has 1 N–H and O–H groups in total. The molecule has 0 aliphatic rings. The quantitative estimate of drug-likeness (QED) is 0.635. The zero-order valence-corrected chi connectivity index (χ0v) is 17.0. The lowest BCUT2D eigenvalue weighted by Crippen LogP contribution is -2.36. The van der Waals surface area contributed by atoms with Gasteiger partial charge in [-0.05, 0) is 43.4 Å². The van der Waals surface area contributed by atoms with Gasteiger partial charge in [-0.3, -0.25) is 9.59 Å². The lowest BCUT2D eigenvalue weighted by Gasteiger charge is -2.18. The van der Waals surface area contributed by atoms with E-state index in [0.717, 1.165) is 19.6 Å². The van der Waals surface area contributed by atoms with E-state index in [1.54, 1.807) is 55.6 Å². The first-order valence-electron chi connectivity index (χ1n) is 9.76. The van der Waals surface area contributed by atoms with Crippen molar-refractivity contribution < 1.29 is 9.53 Å². The molecule has 29 heavy (non-hydrogen) atoms. The summed E-state index contributed by atoms with van der Waals surface area (Å²) in [6, 6.07) is 14.0. The fraction of sp³-hybridized carbons (Fsp3) is 0.318. The standard InChI is InChI=1S/C22H26N4O3/c1-4-25(5-2)15-14-23-21(27)20-18-8-6-7-9-19(18)22(28)26(24-20)16-10-12-17(29-3)13-11-16/h6-13H,4-5,14-15H2,1-3H3,(H,23,27). The Balaban J connectivity index is 1.98. The number of rotatable bonds is 8. The first-order valence-corrected chi connectivity index (χ1v) is 9.76. The molecule has 0 unspecified atom stereocenters. The van der Waals surface area contributed by atoms with Crippen LogP contribution in [0.2, 0.25) is 0 Å². The largest absolute Gasteiger partial charge is 0.497 e. The maximum atomic E-state index is 13.0. The third-order valence-electron chi connectivity index (χ3n) is 4.95. The van der Waals surface area contributed by atoms with Gasteiger partial charge in [-0.15, -0.1) is 0 Å². The molecular formula is C22H26N4O3. The average Bonchev–Trinajstić information content (AvgIpc) is 2.77. The Labute approximate surface area is 169 Å². The number of hydrogen-bond donors (Lipinski definition) is 1. The van der Waals surface area contributed by atoms with E-state index in [9.17, 15) is 9.59 Å². The van der Waals surface area contributed by atoms with Gasteiger partial charge in [0.25, 0.3) is 11.5 Å². The number of carbonyl (C=O) groups excluding carboxylic acids is 1. The number of methoxy groups -OCH3 is 1. The second-order valence-electron chi connectivity index (χ2n) is 6.59. The Bertz CT molecular complexity index is 1040. The van der Waals surface area contributed by atoms with Crippen LogP contribution in [0.25, 0.3) is 16.5 Å². The zero-order chi connectivity index (χ0) is 20.8. The summed E-state index contributed by atoms with van der Waals surface area (Å²) in [5.41, 5.74) is 0.528. The van der Waals surface area contributed by atoms with Gasteiger partial charge in [0.15, 0.2) is 5.69 Å².